The van der Waals surface area contributed by atoms with Crippen LogP contribution in [-0.2, 0) is 0 Å². The van der Waals surface area contributed by atoms with Crippen molar-refractivity contribution < 1.29 is 0 Å². The summed E-state index contributed by atoms with van der Waals surface area (Å²) in [7, 11) is 0. The second-order valence-corrected chi connectivity index (χ2v) is 5.56. The number of rotatable bonds is 14. The lowest BCUT2D eigenvalue weighted by atomic mass is 10.1. The molecule has 20 heavy (non-hydrogen) atoms. The Balaban J connectivity index is 3.17. The molecule has 0 heteroatoms. The average molecular weight is 277 g/mol. The molecule has 0 heterocycles. The minimum atomic E-state index is 1.08. The van der Waals surface area contributed by atoms with E-state index in [0.29, 0.717) is 0 Å². The summed E-state index contributed by atoms with van der Waals surface area (Å²) in [6.45, 7) is 4.46. The van der Waals surface area contributed by atoms with Crippen molar-refractivity contribution >= 4 is 0 Å². The first-order chi connectivity index (χ1) is 9.91. The molecule has 0 radical (unpaired) electrons. The number of unbranched alkanes of at least 4 members (excludes halogenated alkanes) is 8. The Morgan fingerprint density at radius 3 is 1.60 bits per heavy atom. The number of hydrogen-bond donors (Lipinski definition) is 0. The van der Waals surface area contributed by atoms with Crippen molar-refractivity contribution in [1.82, 2.24) is 0 Å². The van der Waals surface area contributed by atoms with Crippen molar-refractivity contribution in [1.29, 1.82) is 0 Å². The number of allylic oxidation sites excluding steroid dienone is 6. The van der Waals surface area contributed by atoms with Gasteiger partial charge in [0.2, 0.25) is 0 Å². The van der Waals surface area contributed by atoms with Crippen LogP contribution in [0.2, 0.25) is 0 Å². The summed E-state index contributed by atoms with van der Waals surface area (Å²) in [5.41, 5.74) is 0. The maximum Gasteiger partial charge on any atom is -0.0169 e. The molecule has 0 rings (SSSR count). The maximum atomic E-state index is 2.35. The molecule has 0 aromatic carbocycles. The highest BCUT2D eigenvalue weighted by molar-refractivity contribution is 4.96. The van der Waals surface area contributed by atoms with Gasteiger partial charge in [-0.1, -0.05) is 95.2 Å². The summed E-state index contributed by atoms with van der Waals surface area (Å²) < 4.78 is 0. The van der Waals surface area contributed by atoms with E-state index in [-0.39, 0.29) is 0 Å². The van der Waals surface area contributed by atoms with E-state index in [9.17, 15) is 0 Å². The zero-order valence-corrected chi connectivity index (χ0v) is 13.9. The zero-order chi connectivity index (χ0) is 14.7. The van der Waals surface area contributed by atoms with E-state index in [1.807, 2.05) is 0 Å². The van der Waals surface area contributed by atoms with Crippen LogP contribution in [0.25, 0.3) is 0 Å². The zero-order valence-electron chi connectivity index (χ0n) is 13.9. The predicted molar refractivity (Wildman–Crippen MR) is 94.2 cm³/mol. The van der Waals surface area contributed by atoms with Crippen LogP contribution >= 0.6 is 0 Å². The molecule has 0 aliphatic heterocycles. The molecule has 116 valence electrons. The van der Waals surface area contributed by atoms with Gasteiger partial charge in [0.1, 0.15) is 0 Å². The van der Waals surface area contributed by atoms with Crippen LogP contribution < -0.4 is 0 Å². The number of hydrogen-bond acceptors (Lipinski definition) is 0. The molecular formula is C20H36. The van der Waals surface area contributed by atoms with Crippen LogP contribution in [0.4, 0.5) is 0 Å². The lowest BCUT2D eigenvalue weighted by molar-refractivity contribution is 0.577. The molecule has 0 aliphatic rings. The Kier molecular flexibility index (Phi) is 17.5. The van der Waals surface area contributed by atoms with Crippen molar-refractivity contribution in [2.75, 3.05) is 0 Å². The Hall–Kier alpha value is -0.780. The minimum absolute atomic E-state index is 1.08. The lowest BCUT2D eigenvalue weighted by Gasteiger charge is -1.99. The van der Waals surface area contributed by atoms with E-state index in [2.05, 4.69) is 50.3 Å². The molecule has 0 amide bonds. The van der Waals surface area contributed by atoms with E-state index < -0.39 is 0 Å². The molecule has 0 saturated carbocycles. The maximum absolute atomic E-state index is 2.35. The van der Waals surface area contributed by atoms with Gasteiger partial charge in [0, 0.05) is 0 Å². The third kappa shape index (κ3) is 17.2. The lowest BCUT2D eigenvalue weighted by Crippen LogP contribution is -1.79. The average Bonchev–Trinajstić information content (AvgIpc) is 2.47. The highest BCUT2D eigenvalue weighted by Gasteiger charge is 1.90. The second-order valence-electron chi connectivity index (χ2n) is 5.56. The fourth-order valence-corrected chi connectivity index (χ4v) is 2.22. The largest absolute Gasteiger partial charge is 0.0885 e. The van der Waals surface area contributed by atoms with E-state index in [1.165, 1.54) is 57.8 Å². The molecule has 0 atom stereocenters. The fraction of sp³-hybridized carbons (Fsp3) is 0.700. The van der Waals surface area contributed by atoms with Gasteiger partial charge in [-0.2, -0.15) is 0 Å². The van der Waals surface area contributed by atoms with E-state index >= 15 is 0 Å². The van der Waals surface area contributed by atoms with Gasteiger partial charge >= 0.3 is 0 Å². The van der Waals surface area contributed by atoms with E-state index in [0.717, 1.165) is 19.3 Å². The van der Waals surface area contributed by atoms with Gasteiger partial charge in [0.15, 0.2) is 0 Å². The Bertz CT molecular complexity index is 245. The third-order valence-electron chi connectivity index (χ3n) is 3.50. The van der Waals surface area contributed by atoms with Crippen LogP contribution in [0.15, 0.2) is 36.5 Å². The highest BCUT2D eigenvalue weighted by atomic mass is 14.0. The summed E-state index contributed by atoms with van der Waals surface area (Å²) in [6, 6.07) is 0. The standard InChI is InChI=1S/C20H36/c1-3-5-7-9-11-13-15-17-19-20-18-16-14-12-10-8-6-4-2/h5,7,11,13,17,19H,3-4,6,8-10,12,14-16,18,20H2,1-2H3/b7-5-,13-11?,19-17?. The molecule has 0 nitrogen and oxygen atoms in total. The van der Waals surface area contributed by atoms with Crippen LogP contribution in [0.1, 0.15) is 90.9 Å². The summed E-state index contributed by atoms with van der Waals surface area (Å²) in [4.78, 5) is 0. The molecule has 0 unspecified atom stereocenters. The van der Waals surface area contributed by atoms with Gasteiger partial charge in [0.25, 0.3) is 0 Å². The van der Waals surface area contributed by atoms with Gasteiger partial charge in [0.05, 0.1) is 0 Å². The van der Waals surface area contributed by atoms with Crippen LogP contribution in [0, 0.1) is 0 Å². The third-order valence-corrected chi connectivity index (χ3v) is 3.50. The molecule has 0 aromatic rings. The Morgan fingerprint density at radius 1 is 0.500 bits per heavy atom. The first kappa shape index (κ1) is 19.2. The molecule has 0 spiro atoms. The van der Waals surface area contributed by atoms with Gasteiger partial charge in [-0.3, -0.25) is 0 Å². The summed E-state index contributed by atoms with van der Waals surface area (Å²) in [5, 5.41) is 0. The monoisotopic (exact) mass is 276 g/mol. The molecular weight excluding hydrogens is 240 g/mol. The van der Waals surface area contributed by atoms with Gasteiger partial charge < -0.3 is 0 Å². The molecule has 0 aromatic heterocycles. The van der Waals surface area contributed by atoms with Gasteiger partial charge in [-0.05, 0) is 32.1 Å². The molecule has 0 fully saturated rings. The molecule has 0 saturated heterocycles. The predicted octanol–water partition coefficient (Wildman–Crippen LogP) is 7.38. The van der Waals surface area contributed by atoms with E-state index in [4.69, 9.17) is 0 Å². The molecule has 0 bridgehead atoms. The first-order valence-electron chi connectivity index (χ1n) is 8.86. The van der Waals surface area contributed by atoms with Crippen LogP contribution in [0.5, 0.6) is 0 Å². The van der Waals surface area contributed by atoms with Gasteiger partial charge in [-0.15, -0.1) is 0 Å². The van der Waals surface area contributed by atoms with Crippen molar-refractivity contribution in [3.8, 4) is 0 Å². The smallest absolute Gasteiger partial charge is 0.0169 e. The fourth-order valence-electron chi connectivity index (χ4n) is 2.22. The normalized spacial score (nSPS) is 12.3. The van der Waals surface area contributed by atoms with Crippen LogP contribution in [0.3, 0.4) is 0 Å². The van der Waals surface area contributed by atoms with Crippen molar-refractivity contribution in [3.63, 3.8) is 0 Å². The Morgan fingerprint density at radius 2 is 1.00 bits per heavy atom. The van der Waals surface area contributed by atoms with Crippen LogP contribution in [-0.4, -0.2) is 0 Å². The van der Waals surface area contributed by atoms with Crippen molar-refractivity contribution in [2.24, 2.45) is 0 Å². The Labute approximate surface area is 128 Å². The minimum Gasteiger partial charge on any atom is -0.0885 e. The SMILES string of the molecule is CC/C=C\CC=CCC=CCCCCCCCCCC. The topological polar surface area (TPSA) is 0 Å². The second kappa shape index (κ2) is 18.2. The van der Waals surface area contributed by atoms with Crippen molar-refractivity contribution in [2.45, 2.75) is 90.9 Å². The summed E-state index contributed by atoms with van der Waals surface area (Å²) >= 11 is 0. The summed E-state index contributed by atoms with van der Waals surface area (Å²) in [5.74, 6) is 0. The quantitative estimate of drug-likeness (QED) is 0.229. The summed E-state index contributed by atoms with van der Waals surface area (Å²) in [6.07, 6.45) is 29.5. The van der Waals surface area contributed by atoms with Crippen molar-refractivity contribution in [3.05, 3.63) is 36.5 Å². The first-order valence-corrected chi connectivity index (χ1v) is 8.86. The molecule has 0 N–H and O–H groups in total. The highest BCUT2D eigenvalue weighted by Crippen LogP contribution is 2.09. The molecule has 0 aliphatic carbocycles. The van der Waals surface area contributed by atoms with Gasteiger partial charge in [-0.25, -0.2) is 0 Å². The van der Waals surface area contributed by atoms with E-state index in [1.54, 1.807) is 0 Å².